The maximum absolute atomic E-state index is 12.0. The van der Waals surface area contributed by atoms with E-state index in [1.165, 1.54) is 19.3 Å². The molecule has 8 heteroatoms. The first-order valence-corrected chi connectivity index (χ1v) is 12.1. The Bertz CT molecular complexity index is 1160. The van der Waals surface area contributed by atoms with Gasteiger partial charge in [-0.15, -0.1) is 5.10 Å². The van der Waals surface area contributed by atoms with Crippen LogP contribution in [0.15, 0.2) is 27.0 Å². The van der Waals surface area contributed by atoms with Gasteiger partial charge in [-0.05, 0) is 50.3 Å². The van der Waals surface area contributed by atoms with Crippen LogP contribution in [0.5, 0.6) is 0 Å². The second kappa shape index (κ2) is 9.91. The summed E-state index contributed by atoms with van der Waals surface area (Å²) in [6.45, 7) is 10.6. The normalized spacial score (nSPS) is 14.5. The molecule has 4 rings (SSSR count). The predicted octanol–water partition coefficient (Wildman–Crippen LogP) is 6.49. The zero-order valence-corrected chi connectivity index (χ0v) is 20.6. The van der Waals surface area contributed by atoms with E-state index in [4.69, 9.17) is 8.83 Å². The number of benzene rings is 1. The molecule has 1 aliphatic carbocycles. The predicted molar refractivity (Wildman–Crippen MR) is 132 cm³/mol. The van der Waals surface area contributed by atoms with Crippen molar-refractivity contribution in [2.24, 2.45) is 5.92 Å². The van der Waals surface area contributed by atoms with E-state index in [1.54, 1.807) is 20.8 Å². The first kappa shape index (κ1) is 23.9. The average molecular weight is 467 g/mol. The maximum atomic E-state index is 12.0. The van der Waals surface area contributed by atoms with Crippen molar-refractivity contribution in [1.82, 2.24) is 10.2 Å². The molecule has 2 heterocycles. The third-order valence-corrected chi connectivity index (χ3v) is 6.41. The highest BCUT2D eigenvalue weighted by Crippen LogP contribution is 2.40. The van der Waals surface area contributed by atoms with Crippen LogP contribution in [0.3, 0.4) is 0 Å². The molecule has 3 aromatic rings. The van der Waals surface area contributed by atoms with Gasteiger partial charge in [0.25, 0.3) is 0 Å². The van der Waals surface area contributed by atoms with Crippen molar-refractivity contribution in [3.63, 3.8) is 0 Å². The Morgan fingerprint density at radius 3 is 2.47 bits per heavy atom. The summed E-state index contributed by atoms with van der Waals surface area (Å²) in [4.78, 5) is 14.5. The van der Waals surface area contributed by atoms with Crippen LogP contribution in [-0.2, 0) is 0 Å². The zero-order chi connectivity index (χ0) is 24.4. The fraction of sp³-hybridized carbons (Fsp3) is 0.500. The number of carbonyl (C=O) groups is 1. The number of aromatic nitrogens is 2. The number of hydrogen-bond donors (Lipinski definition) is 2. The summed E-state index contributed by atoms with van der Waals surface area (Å²) in [5, 5.41) is 21.2. The molecule has 0 spiro atoms. The van der Waals surface area contributed by atoms with Gasteiger partial charge in [0.05, 0.1) is 11.4 Å². The summed E-state index contributed by atoms with van der Waals surface area (Å²) >= 11 is 0. The van der Waals surface area contributed by atoms with E-state index >= 15 is 0 Å². The van der Waals surface area contributed by atoms with Crippen molar-refractivity contribution in [1.29, 1.82) is 0 Å². The molecule has 182 valence electrons. The number of carboxylic acid groups (broad SMARTS) is 1. The van der Waals surface area contributed by atoms with Gasteiger partial charge >= 0.3 is 12.0 Å². The Morgan fingerprint density at radius 1 is 1.12 bits per heavy atom. The fourth-order valence-corrected chi connectivity index (χ4v) is 5.02. The summed E-state index contributed by atoms with van der Waals surface area (Å²) in [6.07, 6.45) is 6.08. The van der Waals surface area contributed by atoms with Crippen molar-refractivity contribution in [3.8, 4) is 11.1 Å². The molecule has 0 amide bonds. The largest absolute Gasteiger partial charge is 0.478 e. The first-order valence-electron chi connectivity index (χ1n) is 12.1. The molecule has 1 aliphatic rings. The van der Waals surface area contributed by atoms with Crippen LogP contribution < -0.4 is 10.2 Å². The van der Waals surface area contributed by atoms with Crippen LogP contribution in [0.1, 0.15) is 73.7 Å². The Morgan fingerprint density at radius 2 is 1.85 bits per heavy atom. The lowest BCUT2D eigenvalue weighted by Crippen LogP contribution is -2.39. The zero-order valence-electron chi connectivity index (χ0n) is 20.6. The van der Waals surface area contributed by atoms with Gasteiger partial charge in [-0.2, -0.15) is 0 Å². The highest BCUT2D eigenvalue weighted by molar-refractivity contribution is 5.98. The van der Waals surface area contributed by atoms with E-state index in [0.29, 0.717) is 40.9 Å². The molecule has 2 aromatic heterocycles. The molecule has 8 nitrogen and oxygen atoms in total. The van der Waals surface area contributed by atoms with E-state index < -0.39 is 5.97 Å². The highest BCUT2D eigenvalue weighted by atomic mass is 16.4. The minimum Gasteiger partial charge on any atom is -0.478 e. The number of rotatable bonds is 8. The third-order valence-electron chi connectivity index (χ3n) is 6.41. The van der Waals surface area contributed by atoms with Crippen molar-refractivity contribution in [3.05, 3.63) is 41.2 Å². The summed E-state index contributed by atoms with van der Waals surface area (Å²) in [7, 11) is 0. The minimum atomic E-state index is -1.00. The smallest absolute Gasteiger partial charge is 0.339 e. The highest BCUT2D eigenvalue weighted by Gasteiger charge is 2.27. The monoisotopic (exact) mass is 466 g/mol. The number of nitrogens with zero attached hydrogens (tertiary/aromatic N) is 3. The second-order valence-corrected chi connectivity index (χ2v) is 9.59. The van der Waals surface area contributed by atoms with Gasteiger partial charge in [0, 0.05) is 25.1 Å². The Labute approximate surface area is 200 Å². The van der Waals surface area contributed by atoms with Crippen LogP contribution in [0, 0.1) is 26.7 Å². The Hall–Kier alpha value is -3.29. The number of nitrogens with one attached hydrogen (secondary N) is 1. The van der Waals surface area contributed by atoms with Crippen LogP contribution >= 0.6 is 0 Å². The number of furan rings is 1. The van der Waals surface area contributed by atoms with Crippen LogP contribution in [0.4, 0.5) is 17.4 Å². The number of carboxylic acids is 1. The van der Waals surface area contributed by atoms with Crippen LogP contribution in [0.25, 0.3) is 11.1 Å². The summed E-state index contributed by atoms with van der Waals surface area (Å²) in [5.74, 6) is 0.931. The van der Waals surface area contributed by atoms with Gasteiger partial charge in [-0.3, -0.25) is 0 Å². The molecule has 0 bridgehead atoms. The molecule has 0 saturated heterocycles. The molecule has 2 N–H and O–H groups in total. The lowest BCUT2D eigenvalue weighted by molar-refractivity contribution is 0.0695. The van der Waals surface area contributed by atoms with E-state index in [-0.39, 0.29) is 5.56 Å². The van der Waals surface area contributed by atoms with Crippen molar-refractivity contribution in [2.45, 2.75) is 72.8 Å². The standard InChI is InChI=1S/C26H34N4O4/c1-15(2)14-30(20-9-7-6-8-10-20)22-12-11-19(13-21(22)27-26-29-28-18(5)34-26)23-16(3)33-17(4)24(23)25(31)32/h11-13,15,20H,6-10,14H2,1-5H3,(H,27,29)(H,31,32). The first-order chi connectivity index (χ1) is 16.2. The fourth-order valence-electron chi connectivity index (χ4n) is 5.02. The molecule has 0 radical (unpaired) electrons. The molecular formula is C26H34N4O4. The van der Waals surface area contributed by atoms with Crippen LogP contribution in [-0.4, -0.2) is 33.9 Å². The molecule has 1 saturated carbocycles. The van der Waals surface area contributed by atoms with Gasteiger partial charge in [-0.1, -0.05) is 44.3 Å². The van der Waals surface area contributed by atoms with Crippen molar-refractivity contribution < 1.29 is 18.7 Å². The van der Waals surface area contributed by atoms with Gasteiger partial charge in [0.1, 0.15) is 17.1 Å². The quantitative estimate of drug-likeness (QED) is 0.388. The Balaban J connectivity index is 1.84. The third kappa shape index (κ3) is 4.95. The summed E-state index contributed by atoms with van der Waals surface area (Å²) < 4.78 is 11.3. The molecule has 1 fully saturated rings. The number of aryl methyl sites for hydroxylation is 3. The molecule has 34 heavy (non-hydrogen) atoms. The van der Waals surface area contributed by atoms with Gasteiger partial charge in [0.2, 0.25) is 5.89 Å². The van der Waals surface area contributed by atoms with Crippen molar-refractivity contribution >= 4 is 23.4 Å². The number of hydrogen-bond acceptors (Lipinski definition) is 7. The summed E-state index contributed by atoms with van der Waals surface area (Å²) in [6, 6.07) is 6.79. The van der Waals surface area contributed by atoms with E-state index in [2.05, 4.69) is 40.3 Å². The average Bonchev–Trinajstić information content (AvgIpc) is 3.33. The number of anilines is 3. The summed E-state index contributed by atoms with van der Waals surface area (Å²) in [5.41, 5.74) is 3.41. The Kier molecular flexibility index (Phi) is 6.95. The number of aromatic carboxylic acids is 1. The SMILES string of the molecule is Cc1nnc(Nc2cc(-c3c(C)oc(C)c3C(=O)O)ccc2N(CC(C)C)C2CCCCC2)o1. The van der Waals surface area contributed by atoms with Crippen LogP contribution in [0.2, 0.25) is 0 Å². The lowest BCUT2D eigenvalue weighted by atomic mass is 9.92. The van der Waals surface area contributed by atoms with E-state index in [9.17, 15) is 9.90 Å². The van der Waals surface area contributed by atoms with E-state index in [0.717, 1.165) is 36.3 Å². The maximum Gasteiger partial charge on any atom is 0.339 e. The molecule has 1 aromatic carbocycles. The molecule has 0 aliphatic heterocycles. The van der Waals surface area contributed by atoms with E-state index in [1.807, 2.05) is 12.1 Å². The van der Waals surface area contributed by atoms with Crippen molar-refractivity contribution in [2.75, 3.05) is 16.8 Å². The van der Waals surface area contributed by atoms with Gasteiger partial charge in [-0.25, -0.2) is 4.79 Å². The topological polar surface area (TPSA) is 105 Å². The lowest BCUT2D eigenvalue weighted by Gasteiger charge is -2.38. The van der Waals surface area contributed by atoms with Gasteiger partial charge in [0.15, 0.2) is 0 Å². The second-order valence-electron chi connectivity index (χ2n) is 9.59. The molecule has 0 unspecified atom stereocenters. The minimum absolute atomic E-state index is 0.191. The van der Waals surface area contributed by atoms with Gasteiger partial charge < -0.3 is 24.2 Å². The molecule has 0 atom stereocenters. The molecular weight excluding hydrogens is 432 g/mol.